The van der Waals surface area contributed by atoms with E-state index in [0.29, 0.717) is 6.54 Å². The molecule has 0 bridgehead atoms. The van der Waals surface area contributed by atoms with Crippen molar-refractivity contribution >= 4 is 15.7 Å². The van der Waals surface area contributed by atoms with E-state index in [2.05, 4.69) is 4.72 Å². The van der Waals surface area contributed by atoms with Gasteiger partial charge in [0.1, 0.15) is 5.82 Å². The first-order chi connectivity index (χ1) is 7.82. The van der Waals surface area contributed by atoms with E-state index in [0.717, 1.165) is 18.9 Å². The van der Waals surface area contributed by atoms with E-state index in [1.807, 2.05) is 6.92 Å². The van der Waals surface area contributed by atoms with E-state index in [1.165, 1.54) is 12.1 Å². The molecule has 0 amide bonds. The first kappa shape index (κ1) is 12.3. The Balaban J connectivity index is 2.16. The zero-order valence-corrected chi connectivity index (χ0v) is 10.3. The average molecular weight is 258 g/mol. The van der Waals surface area contributed by atoms with E-state index in [1.54, 1.807) is 0 Å². The van der Waals surface area contributed by atoms with Gasteiger partial charge in [-0.3, -0.25) is 0 Å². The van der Waals surface area contributed by atoms with Crippen LogP contribution in [0.25, 0.3) is 0 Å². The molecule has 1 fully saturated rings. The number of benzene rings is 1. The van der Waals surface area contributed by atoms with Gasteiger partial charge in [-0.15, -0.1) is 0 Å². The lowest BCUT2D eigenvalue weighted by Crippen LogP contribution is -2.29. The van der Waals surface area contributed by atoms with Gasteiger partial charge in [-0.1, -0.05) is 6.92 Å². The van der Waals surface area contributed by atoms with E-state index >= 15 is 0 Å². The maximum atomic E-state index is 13.2. The fourth-order valence-corrected chi connectivity index (χ4v) is 2.63. The van der Waals surface area contributed by atoms with Crippen LogP contribution < -0.4 is 10.5 Å². The Bertz CT molecular complexity index is 538. The highest BCUT2D eigenvalue weighted by atomic mass is 32.2. The number of rotatable bonds is 4. The Kier molecular flexibility index (Phi) is 2.87. The van der Waals surface area contributed by atoms with Crippen molar-refractivity contribution in [3.63, 3.8) is 0 Å². The summed E-state index contributed by atoms with van der Waals surface area (Å²) in [5, 5.41) is 0. The van der Waals surface area contributed by atoms with Crippen molar-refractivity contribution in [3.05, 3.63) is 24.0 Å². The van der Waals surface area contributed by atoms with Gasteiger partial charge >= 0.3 is 0 Å². The van der Waals surface area contributed by atoms with Crippen molar-refractivity contribution in [1.29, 1.82) is 0 Å². The highest BCUT2D eigenvalue weighted by Gasteiger charge is 2.38. The molecule has 0 spiro atoms. The lowest BCUT2D eigenvalue weighted by molar-refractivity contribution is 0.529. The maximum absolute atomic E-state index is 13.2. The number of nitrogens with two attached hydrogens (primary N) is 1. The second-order valence-corrected chi connectivity index (χ2v) is 6.59. The van der Waals surface area contributed by atoms with Gasteiger partial charge in [0.15, 0.2) is 0 Å². The first-order valence-corrected chi connectivity index (χ1v) is 6.85. The Morgan fingerprint density at radius 1 is 1.47 bits per heavy atom. The van der Waals surface area contributed by atoms with Crippen molar-refractivity contribution in [2.45, 2.75) is 24.7 Å². The molecular formula is C11H15FN2O2S. The molecule has 0 atom stereocenters. The summed E-state index contributed by atoms with van der Waals surface area (Å²) >= 11 is 0. The van der Waals surface area contributed by atoms with Gasteiger partial charge in [-0.05, 0) is 36.5 Å². The lowest BCUT2D eigenvalue weighted by Gasteiger charge is -2.11. The van der Waals surface area contributed by atoms with Gasteiger partial charge in [-0.25, -0.2) is 17.5 Å². The van der Waals surface area contributed by atoms with E-state index in [-0.39, 0.29) is 16.0 Å². The summed E-state index contributed by atoms with van der Waals surface area (Å²) in [4.78, 5) is -0.0894. The summed E-state index contributed by atoms with van der Waals surface area (Å²) < 4.78 is 39.4. The van der Waals surface area contributed by atoms with Crippen LogP contribution in [0.2, 0.25) is 0 Å². The zero-order valence-electron chi connectivity index (χ0n) is 9.53. The number of hydrogen-bond acceptors (Lipinski definition) is 3. The SMILES string of the molecule is CC1(CNS(=O)(=O)c2ccc(N)c(F)c2)CC1. The van der Waals surface area contributed by atoms with Gasteiger partial charge < -0.3 is 5.73 Å². The molecule has 0 radical (unpaired) electrons. The fraction of sp³-hybridized carbons (Fsp3) is 0.455. The second-order valence-electron chi connectivity index (χ2n) is 4.82. The van der Waals surface area contributed by atoms with Crippen LogP contribution in [0.15, 0.2) is 23.1 Å². The highest BCUT2D eigenvalue weighted by Crippen LogP contribution is 2.44. The molecule has 0 aromatic heterocycles. The molecule has 0 heterocycles. The van der Waals surface area contributed by atoms with Gasteiger partial charge in [-0.2, -0.15) is 0 Å². The summed E-state index contributed by atoms with van der Waals surface area (Å²) in [6.45, 7) is 2.40. The Morgan fingerprint density at radius 2 is 2.12 bits per heavy atom. The minimum Gasteiger partial charge on any atom is -0.396 e. The predicted octanol–water partition coefficient (Wildman–Crippen LogP) is 1.49. The number of halogens is 1. The molecule has 17 heavy (non-hydrogen) atoms. The van der Waals surface area contributed by atoms with Crippen molar-refractivity contribution in [2.75, 3.05) is 12.3 Å². The Hall–Kier alpha value is -1.14. The van der Waals surface area contributed by atoms with Gasteiger partial charge in [0, 0.05) is 6.54 Å². The standard InChI is InChI=1S/C11H15FN2O2S/c1-11(4-5-11)7-14-17(15,16)8-2-3-10(13)9(12)6-8/h2-3,6,14H,4-5,7,13H2,1H3. The quantitative estimate of drug-likeness (QED) is 0.804. The fourth-order valence-electron chi connectivity index (χ4n) is 1.42. The minimum absolute atomic E-state index is 0.0573. The summed E-state index contributed by atoms with van der Waals surface area (Å²) in [6, 6.07) is 3.49. The van der Waals surface area contributed by atoms with Crippen molar-refractivity contribution in [1.82, 2.24) is 4.72 Å². The Morgan fingerprint density at radius 3 is 2.65 bits per heavy atom. The van der Waals surface area contributed by atoms with Crippen LogP contribution in [-0.4, -0.2) is 15.0 Å². The number of nitrogens with one attached hydrogen (secondary N) is 1. The second kappa shape index (κ2) is 3.96. The molecule has 0 unspecified atom stereocenters. The predicted molar refractivity (Wildman–Crippen MR) is 63.3 cm³/mol. The topological polar surface area (TPSA) is 72.2 Å². The molecule has 6 heteroatoms. The lowest BCUT2D eigenvalue weighted by atomic mass is 10.2. The van der Waals surface area contributed by atoms with Gasteiger partial charge in [0.2, 0.25) is 10.0 Å². The molecule has 1 aromatic carbocycles. The molecule has 0 aliphatic heterocycles. The van der Waals surface area contributed by atoms with Crippen molar-refractivity contribution in [3.8, 4) is 0 Å². The zero-order chi connectivity index (χ0) is 12.7. The summed E-state index contributed by atoms with van der Waals surface area (Å²) in [6.07, 6.45) is 2.04. The molecule has 4 nitrogen and oxygen atoms in total. The number of anilines is 1. The van der Waals surface area contributed by atoms with Crippen LogP contribution in [0.5, 0.6) is 0 Å². The normalized spacial score (nSPS) is 18.0. The van der Waals surface area contributed by atoms with Crippen LogP contribution >= 0.6 is 0 Å². The molecule has 2 rings (SSSR count). The van der Waals surface area contributed by atoms with Crippen LogP contribution in [0.4, 0.5) is 10.1 Å². The largest absolute Gasteiger partial charge is 0.396 e. The Labute approximate surface area is 100 Å². The minimum atomic E-state index is -3.64. The van der Waals surface area contributed by atoms with Crippen LogP contribution in [0, 0.1) is 11.2 Å². The molecule has 1 aromatic rings. The third kappa shape index (κ3) is 2.76. The summed E-state index contributed by atoms with van der Waals surface area (Å²) in [7, 11) is -3.64. The highest BCUT2D eigenvalue weighted by molar-refractivity contribution is 7.89. The van der Waals surface area contributed by atoms with Gasteiger partial charge in [0.25, 0.3) is 0 Å². The third-order valence-electron chi connectivity index (χ3n) is 3.07. The van der Waals surface area contributed by atoms with Crippen LogP contribution in [-0.2, 0) is 10.0 Å². The average Bonchev–Trinajstić information content (AvgIpc) is 2.99. The van der Waals surface area contributed by atoms with E-state index in [9.17, 15) is 12.8 Å². The van der Waals surface area contributed by atoms with Crippen LogP contribution in [0.3, 0.4) is 0 Å². The smallest absolute Gasteiger partial charge is 0.240 e. The summed E-state index contributed by atoms with van der Waals surface area (Å²) in [5.41, 5.74) is 5.31. The van der Waals surface area contributed by atoms with Crippen molar-refractivity contribution < 1.29 is 12.8 Å². The van der Waals surface area contributed by atoms with Gasteiger partial charge in [0.05, 0.1) is 10.6 Å². The summed E-state index contributed by atoms with van der Waals surface area (Å²) in [5.74, 6) is -0.717. The molecule has 94 valence electrons. The molecule has 1 saturated carbocycles. The third-order valence-corrected chi connectivity index (χ3v) is 4.47. The van der Waals surface area contributed by atoms with Crippen LogP contribution in [0.1, 0.15) is 19.8 Å². The molecule has 0 saturated heterocycles. The number of nitrogen functional groups attached to an aromatic ring is 1. The van der Waals surface area contributed by atoms with E-state index < -0.39 is 15.8 Å². The van der Waals surface area contributed by atoms with E-state index in [4.69, 9.17) is 5.73 Å². The molecule has 3 N–H and O–H groups in total. The molecular weight excluding hydrogens is 243 g/mol. The first-order valence-electron chi connectivity index (χ1n) is 5.37. The maximum Gasteiger partial charge on any atom is 0.240 e. The number of hydrogen-bond donors (Lipinski definition) is 2. The molecule has 1 aliphatic carbocycles. The molecule has 1 aliphatic rings. The number of sulfonamides is 1. The monoisotopic (exact) mass is 258 g/mol. The van der Waals surface area contributed by atoms with Crippen molar-refractivity contribution in [2.24, 2.45) is 5.41 Å².